The predicted molar refractivity (Wildman–Crippen MR) is 377 cm³/mol. The van der Waals surface area contributed by atoms with E-state index in [4.69, 9.17) is 37.0 Å². The molecule has 0 radical (unpaired) electrons. The van der Waals surface area contributed by atoms with E-state index >= 15 is 0 Å². The van der Waals surface area contributed by atoms with Gasteiger partial charge in [0.15, 0.2) is 12.2 Å². The molecule has 0 aromatic carbocycles. The summed E-state index contributed by atoms with van der Waals surface area (Å²) in [5.74, 6) is 0.137. The second-order valence-electron chi connectivity index (χ2n) is 28.1. The number of aliphatic hydroxyl groups is 1. The number of hydrogen-bond donors (Lipinski definition) is 3. The molecule has 0 aliphatic carbocycles. The fourth-order valence-electron chi connectivity index (χ4n) is 11.2. The second kappa shape index (κ2) is 64.7. The lowest BCUT2D eigenvalue weighted by Crippen LogP contribution is -2.30. The highest BCUT2D eigenvalue weighted by molar-refractivity contribution is 7.47. The van der Waals surface area contributed by atoms with Gasteiger partial charge in [-0.05, 0) is 43.4 Å². The van der Waals surface area contributed by atoms with Gasteiger partial charge in [-0.25, -0.2) is 9.13 Å². The van der Waals surface area contributed by atoms with Crippen LogP contribution in [0.4, 0.5) is 0 Å². The fraction of sp³-hybridized carbons (Fsp3) is 0.946. The highest BCUT2D eigenvalue weighted by atomic mass is 31.2. The minimum atomic E-state index is -4.96. The molecule has 0 bridgehead atoms. The van der Waals surface area contributed by atoms with Crippen molar-refractivity contribution >= 4 is 39.5 Å². The summed E-state index contributed by atoms with van der Waals surface area (Å²) in [5, 5.41) is 10.6. The number of aliphatic hydroxyl groups excluding tert-OH is 1. The van der Waals surface area contributed by atoms with Crippen LogP contribution in [-0.4, -0.2) is 96.7 Å². The molecule has 3 N–H and O–H groups in total. The number of rotatable bonds is 72. The number of carbonyl (C=O) groups excluding carboxylic acids is 4. The van der Waals surface area contributed by atoms with Crippen LogP contribution in [0.3, 0.4) is 0 Å². The predicted octanol–water partition coefficient (Wildman–Crippen LogP) is 21.4. The van der Waals surface area contributed by atoms with E-state index in [-0.39, 0.29) is 25.7 Å². The highest BCUT2D eigenvalue weighted by Crippen LogP contribution is 2.45. The molecule has 0 rings (SSSR count). The van der Waals surface area contributed by atoms with Gasteiger partial charge in [0.05, 0.1) is 26.4 Å². The molecule has 0 aliphatic rings. The molecule has 0 aromatic rings. The van der Waals surface area contributed by atoms with Gasteiger partial charge in [-0.1, -0.05) is 325 Å². The maximum absolute atomic E-state index is 13.1. The highest BCUT2D eigenvalue weighted by Gasteiger charge is 2.30. The van der Waals surface area contributed by atoms with Crippen molar-refractivity contribution in [2.75, 3.05) is 39.6 Å². The first-order chi connectivity index (χ1) is 44.7. The molecule has 0 saturated heterocycles. The van der Waals surface area contributed by atoms with Crippen molar-refractivity contribution in [2.24, 2.45) is 17.8 Å². The Labute approximate surface area is 568 Å². The number of ether oxygens (including phenoxy) is 4. The lowest BCUT2D eigenvalue weighted by molar-refractivity contribution is -0.161. The molecule has 0 aromatic heterocycles. The quantitative estimate of drug-likeness (QED) is 0.0222. The van der Waals surface area contributed by atoms with Gasteiger partial charge in [0.25, 0.3) is 0 Å². The Hall–Kier alpha value is -1.94. The van der Waals surface area contributed by atoms with E-state index < -0.39 is 97.5 Å². The monoisotopic (exact) mass is 1370 g/mol. The van der Waals surface area contributed by atoms with Crippen LogP contribution in [-0.2, 0) is 65.4 Å². The average molecular weight is 1370 g/mol. The van der Waals surface area contributed by atoms with Crippen molar-refractivity contribution in [2.45, 2.75) is 394 Å². The number of phosphoric acid groups is 2. The van der Waals surface area contributed by atoms with Crippen molar-refractivity contribution in [3.8, 4) is 0 Å². The molecule has 19 heteroatoms. The number of hydrogen-bond acceptors (Lipinski definition) is 15. The standard InChI is InChI=1S/C74H144O17P2/c1-8-9-10-11-12-13-14-15-16-20-27-34-41-48-55-71(76)84-61-69(90-73(78)57-50-43-36-28-21-18-17-19-24-31-38-45-52-65(2)3)63-88-92(80,81)86-59-68(75)60-87-93(82,83)89-64-70(91-74(79)58-51-44-37-30-23-26-33-40-47-54-67(6)7)62-85-72(77)56-49-42-35-29-22-25-32-39-46-53-66(4)5/h65-70,75H,8-64H2,1-7H3,(H,80,81)(H,82,83)/t68-,69-,70-/m1/s1. The minimum Gasteiger partial charge on any atom is -0.462 e. The Kier molecular flexibility index (Phi) is 63.4. The van der Waals surface area contributed by atoms with Crippen LogP contribution in [0.2, 0.25) is 0 Å². The third-order valence-electron chi connectivity index (χ3n) is 17.1. The van der Waals surface area contributed by atoms with Gasteiger partial charge in [0.1, 0.15) is 19.3 Å². The van der Waals surface area contributed by atoms with Crippen LogP contribution in [0.5, 0.6) is 0 Å². The summed E-state index contributed by atoms with van der Waals surface area (Å²) >= 11 is 0. The van der Waals surface area contributed by atoms with Gasteiger partial charge in [0.2, 0.25) is 0 Å². The molecular weight excluding hydrogens is 1220 g/mol. The summed E-state index contributed by atoms with van der Waals surface area (Å²) in [6.07, 6.45) is 49.9. The molecule has 2 unspecified atom stereocenters. The first-order valence-electron chi connectivity index (χ1n) is 38.3. The largest absolute Gasteiger partial charge is 0.472 e. The van der Waals surface area contributed by atoms with Crippen LogP contribution < -0.4 is 0 Å². The van der Waals surface area contributed by atoms with Gasteiger partial charge < -0.3 is 33.8 Å². The van der Waals surface area contributed by atoms with Crippen molar-refractivity contribution in [1.29, 1.82) is 0 Å². The summed E-state index contributed by atoms with van der Waals surface area (Å²) in [5.41, 5.74) is 0. The van der Waals surface area contributed by atoms with Gasteiger partial charge in [-0.15, -0.1) is 0 Å². The van der Waals surface area contributed by atoms with Crippen molar-refractivity contribution in [3.05, 3.63) is 0 Å². The molecule has 17 nitrogen and oxygen atoms in total. The first-order valence-corrected chi connectivity index (χ1v) is 41.3. The van der Waals surface area contributed by atoms with Crippen molar-refractivity contribution < 1.29 is 80.2 Å². The Morgan fingerprint density at radius 2 is 0.495 bits per heavy atom. The van der Waals surface area contributed by atoms with Gasteiger partial charge in [0, 0.05) is 25.7 Å². The van der Waals surface area contributed by atoms with E-state index in [1.54, 1.807) is 0 Å². The van der Waals surface area contributed by atoms with Gasteiger partial charge >= 0.3 is 39.5 Å². The number of phosphoric ester groups is 2. The maximum atomic E-state index is 13.1. The van der Waals surface area contributed by atoms with E-state index in [0.717, 1.165) is 108 Å². The van der Waals surface area contributed by atoms with Crippen LogP contribution in [0, 0.1) is 17.8 Å². The lowest BCUT2D eigenvalue weighted by atomic mass is 10.0. The summed E-state index contributed by atoms with van der Waals surface area (Å²) in [6, 6.07) is 0. The number of esters is 4. The third kappa shape index (κ3) is 68.4. The first kappa shape index (κ1) is 91.1. The zero-order valence-electron chi connectivity index (χ0n) is 60.7. The van der Waals surface area contributed by atoms with Crippen LogP contribution in [0.1, 0.15) is 376 Å². The van der Waals surface area contributed by atoms with E-state index in [2.05, 4.69) is 48.5 Å². The van der Waals surface area contributed by atoms with E-state index in [1.165, 1.54) is 186 Å². The maximum Gasteiger partial charge on any atom is 0.472 e. The fourth-order valence-corrected chi connectivity index (χ4v) is 12.8. The summed E-state index contributed by atoms with van der Waals surface area (Å²) in [7, 11) is -9.91. The third-order valence-corrected chi connectivity index (χ3v) is 19.0. The van der Waals surface area contributed by atoms with Crippen LogP contribution in [0.15, 0.2) is 0 Å². The topological polar surface area (TPSA) is 237 Å². The van der Waals surface area contributed by atoms with Crippen LogP contribution >= 0.6 is 15.6 Å². The molecule has 5 atom stereocenters. The van der Waals surface area contributed by atoms with Gasteiger partial charge in [-0.2, -0.15) is 0 Å². The Balaban J connectivity index is 5.27. The number of unbranched alkanes of at least 4 members (excludes halogenated alkanes) is 40. The summed E-state index contributed by atoms with van der Waals surface area (Å²) < 4.78 is 68.5. The molecule has 0 fully saturated rings. The molecule has 0 heterocycles. The molecular formula is C74H144O17P2. The van der Waals surface area contributed by atoms with E-state index in [0.29, 0.717) is 25.7 Å². The number of carbonyl (C=O) groups is 4. The SMILES string of the molecule is CCCCCCCCCCCCCCCCC(=O)OC[C@H](COP(=O)(O)OC[C@@H](O)COP(=O)(O)OC[C@@H](COC(=O)CCCCCCCCCCCC(C)C)OC(=O)CCCCCCCCCCCC(C)C)OC(=O)CCCCCCCCCCCCCCC(C)C. The zero-order chi connectivity index (χ0) is 68.7. The average Bonchev–Trinajstić information content (AvgIpc) is 1.51. The molecule has 0 aliphatic heterocycles. The van der Waals surface area contributed by atoms with E-state index in [1.807, 2.05) is 0 Å². The normalized spacial score (nSPS) is 14.1. The van der Waals surface area contributed by atoms with Crippen molar-refractivity contribution in [1.82, 2.24) is 0 Å². The smallest absolute Gasteiger partial charge is 0.462 e. The molecule has 93 heavy (non-hydrogen) atoms. The Morgan fingerprint density at radius 1 is 0.290 bits per heavy atom. The zero-order valence-corrected chi connectivity index (χ0v) is 62.5. The molecule has 552 valence electrons. The second-order valence-corrected chi connectivity index (χ2v) is 31.0. The molecule has 0 saturated carbocycles. The molecule has 0 spiro atoms. The van der Waals surface area contributed by atoms with Crippen LogP contribution in [0.25, 0.3) is 0 Å². The Bertz CT molecular complexity index is 1820. The molecule has 0 amide bonds. The van der Waals surface area contributed by atoms with Crippen molar-refractivity contribution in [3.63, 3.8) is 0 Å². The lowest BCUT2D eigenvalue weighted by Gasteiger charge is -2.21. The Morgan fingerprint density at radius 3 is 0.731 bits per heavy atom. The van der Waals surface area contributed by atoms with Gasteiger partial charge in [-0.3, -0.25) is 37.3 Å². The minimum absolute atomic E-state index is 0.105. The summed E-state index contributed by atoms with van der Waals surface area (Å²) in [4.78, 5) is 72.8. The van der Waals surface area contributed by atoms with E-state index in [9.17, 15) is 43.2 Å². The summed E-state index contributed by atoms with van der Waals surface area (Å²) in [6.45, 7) is 11.9.